The van der Waals surface area contributed by atoms with Crippen LogP contribution in [0.25, 0.3) is 0 Å². The Morgan fingerprint density at radius 2 is 1.43 bits per heavy atom. The van der Waals surface area contributed by atoms with Crippen molar-refractivity contribution in [2.45, 2.75) is 37.8 Å². The first-order valence-corrected chi connectivity index (χ1v) is 10.4. The molecule has 2 aromatic rings. The van der Waals surface area contributed by atoms with Gasteiger partial charge in [0.25, 0.3) is 5.91 Å². The molecule has 4 heteroatoms. The molecule has 4 nitrogen and oxygen atoms in total. The summed E-state index contributed by atoms with van der Waals surface area (Å²) in [6.45, 7) is 2.65. The SMILES string of the molecule is O=C(C(=O)N1CC2CCC1CN(C1Cc3ccccc3C1)C2)c1ccccc1. The summed E-state index contributed by atoms with van der Waals surface area (Å²) in [7, 11) is 0. The highest BCUT2D eigenvalue weighted by molar-refractivity contribution is 6.42. The van der Waals surface area contributed by atoms with Gasteiger partial charge in [0.05, 0.1) is 0 Å². The van der Waals surface area contributed by atoms with Crippen molar-refractivity contribution in [1.82, 2.24) is 9.80 Å². The zero-order valence-corrected chi connectivity index (χ0v) is 16.1. The number of carbonyl (C=O) groups excluding carboxylic acids is 2. The third-order valence-corrected chi connectivity index (χ3v) is 6.78. The number of Topliss-reactive ketones (excluding diaryl/α,β-unsaturated/α-hetero) is 1. The molecule has 1 amide bonds. The van der Waals surface area contributed by atoms with E-state index >= 15 is 0 Å². The molecule has 3 heterocycles. The Balaban J connectivity index is 1.32. The third kappa shape index (κ3) is 3.16. The van der Waals surface area contributed by atoms with Crippen LogP contribution in [0.15, 0.2) is 54.6 Å². The number of ketones is 1. The minimum Gasteiger partial charge on any atom is -0.331 e. The highest BCUT2D eigenvalue weighted by atomic mass is 16.2. The predicted molar refractivity (Wildman–Crippen MR) is 108 cm³/mol. The lowest BCUT2D eigenvalue weighted by atomic mass is 9.94. The van der Waals surface area contributed by atoms with Crippen LogP contribution < -0.4 is 0 Å². The first kappa shape index (κ1) is 17.6. The largest absolute Gasteiger partial charge is 0.331 e. The minimum absolute atomic E-state index is 0.155. The van der Waals surface area contributed by atoms with Crippen molar-refractivity contribution < 1.29 is 9.59 Å². The van der Waals surface area contributed by atoms with Gasteiger partial charge in [0.15, 0.2) is 0 Å². The number of carbonyl (C=O) groups is 2. The van der Waals surface area contributed by atoms with E-state index in [9.17, 15) is 9.59 Å². The standard InChI is InChI=1S/C24H26N2O2/c27-23(18-6-2-1-3-7-18)24(28)26-15-17-10-11-21(26)16-25(14-17)22-12-19-8-4-5-9-20(19)13-22/h1-9,17,21-22H,10-16H2. The zero-order valence-electron chi connectivity index (χ0n) is 16.1. The van der Waals surface area contributed by atoms with E-state index < -0.39 is 0 Å². The van der Waals surface area contributed by atoms with E-state index in [2.05, 4.69) is 29.2 Å². The van der Waals surface area contributed by atoms with Crippen LogP contribution in [0.1, 0.15) is 34.3 Å². The van der Waals surface area contributed by atoms with Crippen LogP contribution in [0, 0.1) is 5.92 Å². The first-order valence-electron chi connectivity index (χ1n) is 10.4. The summed E-state index contributed by atoms with van der Waals surface area (Å²) < 4.78 is 0. The molecular weight excluding hydrogens is 348 g/mol. The predicted octanol–water partition coefficient (Wildman–Crippen LogP) is 2.96. The number of benzene rings is 2. The number of hydrogen-bond donors (Lipinski definition) is 0. The summed E-state index contributed by atoms with van der Waals surface area (Å²) in [5.74, 6) is -0.222. The minimum atomic E-state index is -0.368. The van der Waals surface area contributed by atoms with Crippen LogP contribution >= 0.6 is 0 Å². The fourth-order valence-electron chi connectivity index (χ4n) is 5.30. The van der Waals surface area contributed by atoms with Gasteiger partial charge in [-0.1, -0.05) is 54.6 Å². The van der Waals surface area contributed by atoms with E-state index in [0.29, 0.717) is 17.5 Å². The van der Waals surface area contributed by atoms with Crippen molar-refractivity contribution in [3.05, 3.63) is 71.3 Å². The molecule has 0 spiro atoms. The van der Waals surface area contributed by atoms with Crippen molar-refractivity contribution >= 4 is 11.7 Å². The highest BCUT2D eigenvalue weighted by Gasteiger charge is 2.41. The van der Waals surface area contributed by atoms with Gasteiger partial charge < -0.3 is 4.90 Å². The molecule has 3 fully saturated rings. The molecule has 0 aromatic heterocycles. The van der Waals surface area contributed by atoms with E-state index in [1.165, 1.54) is 11.1 Å². The molecule has 1 aliphatic carbocycles. The smallest absolute Gasteiger partial charge is 0.295 e. The maximum atomic E-state index is 13.0. The van der Waals surface area contributed by atoms with Gasteiger partial charge in [-0.3, -0.25) is 14.5 Å². The van der Waals surface area contributed by atoms with Crippen LogP contribution in [0.3, 0.4) is 0 Å². The van der Waals surface area contributed by atoms with Gasteiger partial charge in [-0.15, -0.1) is 0 Å². The van der Waals surface area contributed by atoms with Gasteiger partial charge in [-0.2, -0.15) is 0 Å². The number of piperidine rings is 1. The van der Waals surface area contributed by atoms with Crippen molar-refractivity contribution in [2.24, 2.45) is 5.92 Å². The topological polar surface area (TPSA) is 40.6 Å². The van der Waals surface area contributed by atoms with Crippen molar-refractivity contribution in [3.63, 3.8) is 0 Å². The Morgan fingerprint density at radius 3 is 2.14 bits per heavy atom. The van der Waals surface area contributed by atoms with Crippen LogP contribution in [0.4, 0.5) is 0 Å². The molecule has 2 atom stereocenters. The summed E-state index contributed by atoms with van der Waals surface area (Å²) in [5.41, 5.74) is 3.43. The number of rotatable bonds is 3. The lowest BCUT2D eigenvalue weighted by molar-refractivity contribution is -0.130. The summed E-state index contributed by atoms with van der Waals surface area (Å²) in [6, 6.07) is 18.4. The monoisotopic (exact) mass is 374 g/mol. The number of fused-ring (bicyclic) bond motifs is 5. The average Bonchev–Trinajstić information content (AvgIpc) is 2.96. The molecule has 0 saturated carbocycles. The molecule has 4 aliphatic rings. The number of hydrogen-bond acceptors (Lipinski definition) is 3. The molecule has 0 N–H and O–H groups in total. The summed E-state index contributed by atoms with van der Waals surface area (Å²) in [5, 5.41) is 0. The van der Waals surface area contributed by atoms with Gasteiger partial charge in [0.2, 0.25) is 5.78 Å². The van der Waals surface area contributed by atoms with Crippen LogP contribution in [0.2, 0.25) is 0 Å². The first-order chi connectivity index (χ1) is 13.7. The highest BCUT2D eigenvalue weighted by Crippen LogP contribution is 2.33. The Labute approximate surface area is 166 Å². The molecule has 6 rings (SSSR count). The lowest BCUT2D eigenvalue weighted by Gasteiger charge is -2.36. The normalized spacial score (nSPS) is 24.8. The summed E-state index contributed by atoms with van der Waals surface area (Å²) in [4.78, 5) is 30.2. The maximum absolute atomic E-state index is 13.0. The Bertz CT molecular complexity index is 869. The van der Waals surface area contributed by atoms with Gasteiger partial charge in [0, 0.05) is 37.3 Å². The molecule has 2 aromatic carbocycles. The summed E-state index contributed by atoms with van der Waals surface area (Å²) in [6.07, 6.45) is 4.37. The van der Waals surface area contributed by atoms with E-state index in [1.807, 2.05) is 23.1 Å². The fraction of sp³-hybridized carbons (Fsp3) is 0.417. The fourth-order valence-corrected chi connectivity index (χ4v) is 5.30. The number of nitrogens with zero attached hydrogens (tertiary/aromatic N) is 2. The summed E-state index contributed by atoms with van der Waals surface area (Å²) >= 11 is 0. The Hall–Kier alpha value is -2.46. The second-order valence-corrected chi connectivity index (χ2v) is 8.53. The van der Waals surface area contributed by atoms with Crippen LogP contribution in [-0.2, 0) is 17.6 Å². The van der Waals surface area contributed by atoms with Gasteiger partial charge >= 0.3 is 0 Å². The van der Waals surface area contributed by atoms with Crippen LogP contribution in [-0.4, -0.2) is 53.2 Å². The second-order valence-electron chi connectivity index (χ2n) is 8.53. The number of amides is 1. The Kier molecular flexibility index (Phi) is 4.52. The van der Waals surface area contributed by atoms with Crippen LogP contribution in [0.5, 0.6) is 0 Å². The maximum Gasteiger partial charge on any atom is 0.295 e. The van der Waals surface area contributed by atoms with E-state index in [0.717, 1.165) is 45.3 Å². The quantitative estimate of drug-likeness (QED) is 0.613. The molecular formula is C24H26N2O2. The van der Waals surface area contributed by atoms with E-state index in [-0.39, 0.29) is 17.7 Å². The molecule has 28 heavy (non-hydrogen) atoms. The van der Waals surface area contributed by atoms with Crippen molar-refractivity contribution in [1.29, 1.82) is 0 Å². The molecule has 0 radical (unpaired) electrons. The van der Waals surface area contributed by atoms with Gasteiger partial charge in [-0.05, 0) is 42.7 Å². The zero-order chi connectivity index (χ0) is 19.1. The van der Waals surface area contributed by atoms with E-state index in [1.54, 1.807) is 12.1 Å². The van der Waals surface area contributed by atoms with Crippen molar-refractivity contribution in [3.8, 4) is 0 Å². The lowest BCUT2D eigenvalue weighted by Crippen LogP contribution is -2.50. The van der Waals surface area contributed by atoms with Gasteiger partial charge in [0.1, 0.15) is 0 Å². The average molecular weight is 374 g/mol. The van der Waals surface area contributed by atoms with Crippen molar-refractivity contribution in [2.75, 3.05) is 19.6 Å². The molecule has 2 unspecified atom stereocenters. The molecule has 144 valence electrons. The molecule has 2 bridgehead atoms. The van der Waals surface area contributed by atoms with Gasteiger partial charge in [-0.25, -0.2) is 0 Å². The third-order valence-electron chi connectivity index (χ3n) is 6.78. The van der Waals surface area contributed by atoms with E-state index in [4.69, 9.17) is 0 Å². The molecule has 3 saturated heterocycles. The molecule has 3 aliphatic heterocycles. The second kappa shape index (κ2) is 7.17. The Morgan fingerprint density at radius 1 is 0.750 bits per heavy atom.